The van der Waals surface area contributed by atoms with Gasteiger partial charge in [0.05, 0.1) is 17.9 Å². The normalized spacial score (nSPS) is 16.4. The summed E-state index contributed by atoms with van der Waals surface area (Å²) in [4.78, 5) is 16.7. The van der Waals surface area contributed by atoms with Gasteiger partial charge in [0.2, 0.25) is 0 Å². The van der Waals surface area contributed by atoms with Crippen LogP contribution in [-0.2, 0) is 0 Å². The average Bonchev–Trinajstić information content (AvgIpc) is 3.17. The Balaban J connectivity index is 1.66. The number of amides is 1. The summed E-state index contributed by atoms with van der Waals surface area (Å²) in [7, 11) is 3.88. The van der Waals surface area contributed by atoms with Crippen LogP contribution in [0.15, 0.2) is 67.0 Å². The van der Waals surface area contributed by atoms with Gasteiger partial charge in [-0.2, -0.15) is 0 Å². The van der Waals surface area contributed by atoms with E-state index in [0.29, 0.717) is 6.61 Å². The van der Waals surface area contributed by atoms with Gasteiger partial charge >= 0.3 is 0 Å². The molecule has 2 aromatic carbocycles. The van der Waals surface area contributed by atoms with Gasteiger partial charge in [-0.1, -0.05) is 12.1 Å². The lowest BCUT2D eigenvalue weighted by molar-refractivity contribution is 0.0711. The fraction of sp³-hybridized carbons (Fsp3) is 0.227. The van der Waals surface area contributed by atoms with Gasteiger partial charge in [-0.3, -0.25) is 4.79 Å². The van der Waals surface area contributed by atoms with Crippen LogP contribution in [0.2, 0.25) is 0 Å². The van der Waals surface area contributed by atoms with Crippen LogP contribution >= 0.6 is 0 Å². The van der Waals surface area contributed by atoms with Crippen molar-refractivity contribution >= 4 is 11.6 Å². The van der Waals surface area contributed by atoms with Crippen LogP contribution in [0, 0.1) is 0 Å². The molecule has 0 saturated carbocycles. The summed E-state index contributed by atoms with van der Waals surface area (Å²) < 4.78 is 7.58. The molecule has 1 amide bonds. The van der Waals surface area contributed by atoms with Crippen LogP contribution in [0.25, 0.3) is 5.69 Å². The number of rotatable bonds is 4. The molecule has 2 heterocycles. The number of ether oxygens (including phenoxy) is 1. The first-order chi connectivity index (χ1) is 13.1. The molecule has 0 aliphatic carbocycles. The van der Waals surface area contributed by atoms with E-state index in [2.05, 4.69) is 21.7 Å². The second-order valence-corrected chi connectivity index (χ2v) is 6.70. The van der Waals surface area contributed by atoms with E-state index in [-0.39, 0.29) is 12.1 Å². The van der Waals surface area contributed by atoms with Crippen LogP contribution in [0.1, 0.15) is 29.0 Å². The van der Waals surface area contributed by atoms with Gasteiger partial charge in [0.15, 0.2) is 0 Å². The third-order valence-electron chi connectivity index (χ3n) is 5.03. The molecular weight excluding hydrogens is 338 g/mol. The largest absolute Gasteiger partial charge is 0.494 e. The van der Waals surface area contributed by atoms with E-state index in [1.54, 1.807) is 4.90 Å². The lowest BCUT2D eigenvalue weighted by Crippen LogP contribution is -2.45. The molecule has 1 aliphatic rings. The monoisotopic (exact) mass is 361 g/mol. The highest BCUT2D eigenvalue weighted by molar-refractivity contribution is 6.01. The van der Waals surface area contributed by atoms with Gasteiger partial charge in [-0.15, -0.1) is 0 Å². The van der Waals surface area contributed by atoms with Crippen molar-refractivity contribution < 1.29 is 9.53 Å². The lowest BCUT2D eigenvalue weighted by atomic mass is 10.0. The summed E-state index contributed by atoms with van der Waals surface area (Å²) in [5.41, 5.74) is 3.82. The summed E-state index contributed by atoms with van der Waals surface area (Å²) in [6.45, 7) is 2.63. The van der Waals surface area contributed by atoms with Gasteiger partial charge in [0, 0.05) is 37.7 Å². The number of anilines is 1. The fourth-order valence-electron chi connectivity index (χ4n) is 3.71. The Kier molecular flexibility index (Phi) is 4.36. The molecule has 4 rings (SSSR count). The van der Waals surface area contributed by atoms with Crippen molar-refractivity contribution in [3.63, 3.8) is 0 Å². The first kappa shape index (κ1) is 17.2. The molecule has 3 aromatic rings. The molecule has 5 heteroatoms. The van der Waals surface area contributed by atoms with Crippen molar-refractivity contribution in [1.82, 2.24) is 9.47 Å². The Morgan fingerprint density at radius 3 is 2.44 bits per heavy atom. The molecule has 0 fully saturated rings. The van der Waals surface area contributed by atoms with E-state index in [1.807, 2.05) is 75.7 Å². The molecule has 1 atom stereocenters. The number of carbonyl (C=O) groups excluding carboxylic acids is 1. The standard InChI is InChI=1S/C22H23N3O2/c1-4-27-18-11-9-17(10-12-18)25-14-13-16(15-25)21-23(2)20-8-6-5-7-19(20)22(26)24(21)3/h5-15,21H,4H2,1-3H3/t21-/m1/s1. The highest BCUT2D eigenvalue weighted by atomic mass is 16.5. The summed E-state index contributed by atoms with van der Waals surface area (Å²) in [6.07, 6.45) is 3.96. The second-order valence-electron chi connectivity index (χ2n) is 6.70. The Morgan fingerprint density at radius 2 is 1.70 bits per heavy atom. The van der Waals surface area contributed by atoms with Gasteiger partial charge < -0.3 is 19.1 Å². The molecule has 27 heavy (non-hydrogen) atoms. The van der Waals surface area contributed by atoms with Gasteiger partial charge in [-0.05, 0) is 49.4 Å². The molecule has 5 nitrogen and oxygen atoms in total. The number of hydrogen-bond acceptors (Lipinski definition) is 3. The van der Waals surface area contributed by atoms with Crippen molar-refractivity contribution in [2.75, 3.05) is 25.6 Å². The predicted molar refractivity (Wildman–Crippen MR) is 107 cm³/mol. The molecule has 1 aromatic heterocycles. The SMILES string of the molecule is CCOc1ccc(-n2ccc([C@H]3N(C)C(=O)c4ccccc4N3C)c2)cc1. The Hall–Kier alpha value is -3.21. The van der Waals surface area contributed by atoms with Crippen LogP contribution in [0.4, 0.5) is 5.69 Å². The minimum atomic E-state index is -0.142. The highest BCUT2D eigenvalue weighted by Crippen LogP contribution is 2.36. The number of benzene rings is 2. The maximum atomic E-state index is 12.8. The second kappa shape index (κ2) is 6.83. The van der Waals surface area contributed by atoms with Crippen LogP contribution < -0.4 is 9.64 Å². The Bertz CT molecular complexity index is 962. The molecule has 1 aliphatic heterocycles. The summed E-state index contributed by atoms with van der Waals surface area (Å²) in [6, 6.07) is 17.8. The average molecular weight is 361 g/mol. The van der Waals surface area contributed by atoms with E-state index < -0.39 is 0 Å². The van der Waals surface area contributed by atoms with Crippen LogP contribution in [0.3, 0.4) is 0 Å². The van der Waals surface area contributed by atoms with Crippen molar-refractivity contribution in [3.8, 4) is 11.4 Å². The quantitative estimate of drug-likeness (QED) is 0.702. The number of fused-ring (bicyclic) bond motifs is 1. The predicted octanol–water partition coefficient (Wildman–Crippen LogP) is 4.10. The Morgan fingerprint density at radius 1 is 0.963 bits per heavy atom. The van der Waals surface area contributed by atoms with Gasteiger partial charge in [0.1, 0.15) is 11.9 Å². The number of para-hydroxylation sites is 1. The maximum Gasteiger partial charge on any atom is 0.257 e. The third-order valence-corrected chi connectivity index (χ3v) is 5.03. The number of nitrogens with zero attached hydrogens (tertiary/aromatic N) is 3. The zero-order chi connectivity index (χ0) is 19.0. The maximum absolute atomic E-state index is 12.8. The zero-order valence-electron chi connectivity index (χ0n) is 15.8. The van der Waals surface area contributed by atoms with E-state index in [1.165, 1.54) is 0 Å². The van der Waals surface area contributed by atoms with Crippen LogP contribution in [0.5, 0.6) is 5.75 Å². The minimum Gasteiger partial charge on any atom is -0.494 e. The summed E-state index contributed by atoms with van der Waals surface area (Å²) >= 11 is 0. The molecule has 138 valence electrons. The van der Waals surface area contributed by atoms with Crippen molar-refractivity contribution in [2.45, 2.75) is 13.1 Å². The molecule has 0 unspecified atom stereocenters. The highest BCUT2D eigenvalue weighted by Gasteiger charge is 2.34. The van der Waals surface area contributed by atoms with Crippen molar-refractivity contribution in [1.29, 1.82) is 0 Å². The smallest absolute Gasteiger partial charge is 0.257 e. The summed E-state index contributed by atoms with van der Waals surface area (Å²) in [5.74, 6) is 0.907. The Labute approximate surface area is 159 Å². The lowest BCUT2D eigenvalue weighted by Gasteiger charge is -2.41. The van der Waals surface area contributed by atoms with Crippen molar-refractivity contribution in [2.24, 2.45) is 0 Å². The van der Waals surface area contributed by atoms with Gasteiger partial charge in [-0.25, -0.2) is 0 Å². The molecule has 0 saturated heterocycles. The molecular formula is C22H23N3O2. The topological polar surface area (TPSA) is 37.7 Å². The van der Waals surface area contributed by atoms with E-state index in [0.717, 1.165) is 28.3 Å². The summed E-state index contributed by atoms with van der Waals surface area (Å²) in [5, 5.41) is 0. The van der Waals surface area contributed by atoms with Crippen LogP contribution in [-0.4, -0.2) is 36.1 Å². The van der Waals surface area contributed by atoms with E-state index in [4.69, 9.17) is 4.74 Å². The van der Waals surface area contributed by atoms with Crippen molar-refractivity contribution in [3.05, 3.63) is 78.1 Å². The number of hydrogen-bond donors (Lipinski definition) is 0. The first-order valence-corrected chi connectivity index (χ1v) is 9.10. The fourth-order valence-corrected chi connectivity index (χ4v) is 3.71. The first-order valence-electron chi connectivity index (χ1n) is 9.10. The molecule has 0 spiro atoms. The number of carbonyl (C=O) groups is 1. The molecule has 0 N–H and O–H groups in total. The zero-order valence-corrected chi connectivity index (χ0v) is 15.8. The number of aromatic nitrogens is 1. The third kappa shape index (κ3) is 2.95. The molecule has 0 radical (unpaired) electrons. The molecule has 0 bridgehead atoms. The van der Waals surface area contributed by atoms with Gasteiger partial charge in [0.25, 0.3) is 5.91 Å². The van der Waals surface area contributed by atoms with E-state index in [9.17, 15) is 4.79 Å². The van der Waals surface area contributed by atoms with E-state index >= 15 is 0 Å². The minimum absolute atomic E-state index is 0.0440.